The molecule has 2 heterocycles. The number of urea groups is 1. The lowest BCUT2D eigenvalue weighted by Crippen LogP contribution is -2.43. The van der Waals surface area contributed by atoms with E-state index in [0.29, 0.717) is 18.2 Å². The summed E-state index contributed by atoms with van der Waals surface area (Å²) in [7, 11) is 0. The van der Waals surface area contributed by atoms with Crippen LogP contribution in [0.2, 0.25) is 0 Å². The van der Waals surface area contributed by atoms with Crippen LogP contribution in [0.5, 0.6) is 0 Å². The van der Waals surface area contributed by atoms with E-state index in [1.165, 1.54) is 34.0 Å². The van der Waals surface area contributed by atoms with Gasteiger partial charge in [0, 0.05) is 50.1 Å². The van der Waals surface area contributed by atoms with Crippen LogP contribution in [0.3, 0.4) is 0 Å². The molecule has 1 saturated heterocycles. The summed E-state index contributed by atoms with van der Waals surface area (Å²) in [4.78, 5) is 22.6. The van der Waals surface area contributed by atoms with Crippen molar-refractivity contribution in [2.24, 2.45) is 0 Å². The Kier molecular flexibility index (Phi) is 8.54. The van der Waals surface area contributed by atoms with Gasteiger partial charge in [0.05, 0.1) is 10.2 Å². The first kappa shape index (κ1) is 24.8. The fourth-order valence-corrected chi connectivity index (χ4v) is 6.51. The number of hydrogen-bond acceptors (Lipinski definition) is 5. The molecule has 1 N–H and O–H groups in total. The molecule has 0 radical (unpaired) electrons. The highest BCUT2D eigenvalue weighted by Gasteiger charge is 2.21. The standard InChI is InChI=1S/C29H32N4OS2/c34-29(31-28-30-26-13-7-8-14-27(26)36-28)33(18-17-32-19-21-35-22-20-32)16-15-25(23-9-3-1-4-10-23)24-11-5-2-6-12-24/h1-14,25H,15-22H2,(H,30,31,34). The Morgan fingerprint density at radius 2 is 1.53 bits per heavy atom. The van der Waals surface area contributed by atoms with Crippen molar-refractivity contribution in [2.45, 2.75) is 12.3 Å². The summed E-state index contributed by atoms with van der Waals surface area (Å²) in [5.41, 5.74) is 3.48. The molecule has 1 aliphatic rings. The monoisotopic (exact) mass is 516 g/mol. The van der Waals surface area contributed by atoms with Crippen LogP contribution in [0.25, 0.3) is 10.2 Å². The van der Waals surface area contributed by atoms with Crippen molar-refractivity contribution in [1.82, 2.24) is 14.8 Å². The number of thioether (sulfide) groups is 1. The molecule has 186 valence electrons. The van der Waals surface area contributed by atoms with Gasteiger partial charge in [-0.05, 0) is 29.7 Å². The van der Waals surface area contributed by atoms with Gasteiger partial charge < -0.3 is 4.90 Å². The SMILES string of the molecule is O=C(Nc1nc2ccccc2s1)N(CCC(c1ccccc1)c1ccccc1)CCN1CCSCC1. The van der Waals surface area contributed by atoms with E-state index in [0.717, 1.165) is 36.3 Å². The molecule has 2 amide bonds. The molecule has 5 rings (SSSR count). The number of rotatable bonds is 9. The minimum absolute atomic E-state index is 0.0692. The quantitative estimate of drug-likeness (QED) is 0.280. The Morgan fingerprint density at radius 1 is 0.889 bits per heavy atom. The second-order valence-corrected chi connectivity index (χ2v) is 11.3. The number of nitrogens with one attached hydrogen (secondary N) is 1. The van der Waals surface area contributed by atoms with Crippen molar-refractivity contribution in [3.63, 3.8) is 0 Å². The van der Waals surface area contributed by atoms with Crippen LogP contribution in [0.4, 0.5) is 9.93 Å². The fraction of sp³-hybridized carbons (Fsp3) is 0.310. The summed E-state index contributed by atoms with van der Waals surface area (Å²) in [5.74, 6) is 2.57. The van der Waals surface area contributed by atoms with Gasteiger partial charge in [-0.15, -0.1) is 0 Å². The van der Waals surface area contributed by atoms with Gasteiger partial charge in [0.25, 0.3) is 0 Å². The van der Waals surface area contributed by atoms with E-state index in [4.69, 9.17) is 0 Å². The van der Waals surface area contributed by atoms with Gasteiger partial charge in [0.1, 0.15) is 0 Å². The van der Waals surface area contributed by atoms with E-state index in [1.807, 2.05) is 40.9 Å². The number of hydrogen-bond donors (Lipinski definition) is 1. The van der Waals surface area contributed by atoms with Gasteiger partial charge in [-0.3, -0.25) is 10.2 Å². The maximum Gasteiger partial charge on any atom is 0.323 e. The number of aromatic nitrogens is 1. The van der Waals surface area contributed by atoms with Crippen molar-refractivity contribution in [3.8, 4) is 0 Å². The van der Waals surface area contributed by atoms with Crippen LogP contribution in [-0.4, -0.2) is 65.0 Å². The van der Waals surface area contributed by atoms with Gasteiger partial charge in [-0.25, -0.2) is 9.78 Å². The van der Waals surface area contributed by atoms with Crippen molar-refractivity contribution in [1.29, 1.82) is 0 Å². The molecule has 0 atom stereocenters. The number of carbonyl (C=O) groups excluding carboxylic acids is 1. The largest absolute Gasteiger partial charge is 0.323 e. The third-order valence-electron chi connectivity index (χ3n) is 6.68. The summed E-state index contributed by atoms with van der Waals surface area (Å²) >= 11 is 3.54. The Morgan fingerprint density at radius 3 is 2.19 bits per heavy atom. The average molecular weight is 517 g/mol. The van der Waals surface area contributed by atoms with Crippen LogP contribution in [0, 0.1) is 0 Å². The van der Waals surface area contributed by atoms with Gasteiger partial charge in [0.2, 0.25) is 0 Å². The highest BCUT2D eigenvalue weighted by molar-refractivity contribution is 7.99. The number of benzene rings is 3. The first-order valence-electron chi connectivity index (χ1n) is 12.6. The van der Waals surface area contributed by atoms with E-state index >= 15 is 0 Å². The van der Waals surface area contributed by atoms with Crippen LogP contribution < -0.4 is 5.32 Å². The summed E-state index contributed by atoms with van der Waals surface area (Å²) in [6.07, 6.45) is 0.858. The highest BCUT2D eigenvalue weighted by Crippen LogP contribution is 2.29. The average Bonchev–Trinajstić information content (AvgIpc) is 3.34. The van der Waals surface area contributed by atoms with E-state index in [9.17, 15) is 4.79 Å². The lowest BCUT2D eigenvalue weighted by Gasteiger charge is -2.30. The zero-order chi connectivity index (χ0) is 24.6. The second-order valence-electron chi connectivity index (χ2n) is 9.02. The zero-order valence-corrected chi connectivity index (χ0v) is 22.0. The summed E-state index contributed by atoms with van der Waals surface area (Å²) < 4.78 is 1.08. The van der Waals surface area contributed by atoms with Gasteiger partial charge >= 0.3 is 6.03 Å². The number of amides is 2. The maximum absolute atomic E-state index is 13.5. The number of fused-ring (bicyclic) bond motifs is 1. The van der Waals surface area contributed by atoms with Crippen molar-refractivity contribution in [2.75, 3.05) is 49.5 Å². The first-order valence-corrected chi connectivity index (χ1v) is 14.5. The minimum atomic E-state index is -0.0692. The first-order chi connectivity index (χ1) is 17.8. The third-order valence-corrected chi connectivity index (χ3v) is 8.57. The Labute approximate surface area is 221 Å². The number of anilines is 1. The molecule has 1 fully saturated rings. The summed E-state index contributed by atoms with van der Waals surface area (Å²) in [6, 6.07) is 29.2. The molecular formula is C29H32N4OS2. The van der Waals surface area contributed by atoms with Crippen LogP contribution in [0.1, 0.15) is 23.5 Å². The lowest BCUT2D eigenvalue weighted by molar-refractivity contribution is 0.195. The summed E-state index contributed by atoms with van der Waals surface area (Å²) in [6.45, 7) is 4.46. The maximum atomic E-state index is 13.5. The van der Waals surface area contributed by atoms with Crippen LogP contribution in [-0.2, 0) is 0 Å². The molecule has 1 aliphatic heterocycles. The smallest absolute Gasteiger partial charge is 0.323 e. The molecule has 0 bridgehead atoms. The Balaban J connectivity index is 1.32. The molecule has 0 aliphatic carbocycles. The molecule has 7 heteroatoms. The van der Waals surface area contributed by atoms with Gasteiger partial charge in [0.15, 0.2) is 5.13 Å². The normalized spacial score (nSPS) is 14.2. The van der Waals surface area contributed by atoms with E-state index in [2.05, 4.69) is 75.9 Å². The highest BCUT2D eigenvalue weighted by atomic mass is 32.2. The number of carbonyl (C=O) groups is 1. The third kappa shape index (κ3) is 6.46. The minimum Gasteiger partial charge on any atom is -0.323 e. The topological polar surface area (TPSA) is 48.5 Å². The molecule has 36 heavy (non-hydrogen) atoms. The molecule has 4 aromatic rings. The Bertz CT molecular complexity index is 1170. The number of thiazole rings is 1. The molecule has 0 spiro atoms. The van der Waals surface area contributed by atoms with E-state index in [1.54, 1.807) is 0 Å². The number of nitrogens with zero attached hydrogens (tertiary/aromatic N) is 3. The van der Waals surface area contributed by atoms with Crippen LogP contribution >= 0.6 is 23.1 Å². The van der Waals surface area contributed by atoms with Crippen molar-refractivity contribution < 1.29 is 4.79 Å². The van der Waals surface area contributed by atoms with Crippen molar-refractivity contribution in [3.05, 3.63) is 96.1 Å². The van der Waals surface area contributed by atoms with E-state index in [-0.39, 0.29) is 11.9 Å². The molecule has 5 nitrogen and oxygen atoms in total. The fourth-order valence-electron chi connectivity index (χ4n) is 4.68. The zero-order valence-electron chi connectivity index (χ0n) is 20.4. The summed E-state index contributed by atoms with van der Waals surface area (Å²) in [5, 5.41) is 3.75. The molecular weight excluding hydrogens is 484 g/mol. The predicted octanol–water partition coefficient (Wildman–Crippen LogP) is 6.40. The molecule has 0 unspecified atom stereocenters. The van der Waals surface area contributed by atoms with E-state index < -0.39 is 0 Å². The van der Waals surface area contributed by atoms with Crippen molar-refractivity contribution >= 4 is 44.5 Å². The van der Waals surface area contributed by atoms with Gasteiger partial charge in [-0.2, -0.15) is 11.8 Å². The number of para-hydroxylation sites is 1. The Hall–Kier alpha value is -2.87. The van der Waals surface area contributed by atoms with Gasteiger partial charge in [-0.1, -0.05) is 84.1 Å². The predicted molar refractivity (Wildman–Crippen MR) is 153 cm³/mol. The molecule has 1 aromatic heterocycles. The second kappa shape index (κ2) is 12.4. The molecule has 3 aromatic carbocycles. The van der Waals surface area contributed by atoms with Crippen LogP contribution in [0.15, 0.2) is 84.9 Å². The molecule has 0 saturated carbocycles. The lowest BCUT2D eigenvalue weighted by atomic mass is 9.88.